The van der Waals surface area contributed by atoms with Crippen molar-refractivity contribution < 1.29 is 0 Å². The molecule has 0 saturated heterocycles. The van der Waals surface area contributed by atoms with Gasteiger partial charge < -0.3 is 0 Å². The Labute approximate surface area is 274 Å². The molecule has 9 aromatic carbocycles. The smallest absolute Gasteiger partial charge is 0.0165 e. The van der Waals surface area contributed by atoms with Gasteiger partial charge in [-0.2, -0.15) is 0 Å². The van der Waals surface area contributed by atoms with E-state index in [1.807, 2.05) is 0 Å². The van der Waals surface area contributed by atoms with E-state index in [4.69, 9.17) is 0 Å². The van der Waals surface area contributed by atoms with Crippen molar-refractivity contribution in [3.63, 3.8) is 0 Å². The first-order valence-electron chi connectivity index (χ1n) is 16.6. The summed E-state index contributed by atoms with van der Waals surface area (Å²) in [6.45, 7) is 4.81. The van der Waals surface area contributed by atoms with Crippen LogP contribution in [0.4, 0.5) is 0 Å². The Morgan fingerprint density at radius 1 is 0.340 bits per heavy atom. The van der Waals surface area contributed by atoms with Crippen molar-refractivity contribution in [1.82, 2.24) is 0 Å². The van der Waals surface area contributed by atoms with E-state index in [9.17, 15) is 0 Å². The molecule has 0 N–H and O–H groups in total. The molecule has 0 heterocycles. The van der Waals surface area contributed by atoms with Crippen LogP contribution in [0.25, 0.3) is 87.2 Å². The van der Waals surface area contributed by atoms with Crippen LogP contribution in [-0.4, -0.2) is 0 Å². The molecule has 0 spiro atoms. The average Bonchev–Trinajstić information content (AvgIpc) is 3.36. The molecule has 1 aliphatic carbocycles. The minimum absolute atomic E-state index is 0.116. The zero-order valence-electron chi connectivity index (χ0n) is 26.5. The van der Waals surface area contributed by atoms with Gasteiger partial charge in [0, 0.05) is 5.41 Å². The predicted molar refractivity (Wildman–Crippen MR) is 202 cm³/mol. The lowest BCUT2D eigenvalue weighted by Crippen LogP contribution is -2.15. The van der Waals surface area contributed by atoms with Gasteiger partial charge in [-0.15, -0.1) is 0 Å². The summed E-state index contributed by atoms with van der Waals surface area (Å²) in [6, 6.07) is 58.7. The molecule has 0 aliphatic heterocycles. The molecule has 1 aliphatic rings. The number of rotatable bonds is 2. The summed E-state index contributed by atoms with van der Waals surface area (Å²) in [5.74, 6) is 0. The number of hydrogen-bond acceptors (Lipinski definition) is 0. The molecule has 9 aromatic rings. The van der Waals surface area contributed by atoms with Crippen LogP contribution in [0, 0.1) is 0 Å². The topological polar surface area (TPSA) is 0 Å². The molecule has 0 nitrogen and oxygen atoms in total. The highest BCUT2D eigenvalue weighted by Crippen LogP contribution is 2.56. The Morgan fingerprint density at radius 3 is 1.45 bits per heavy atom. The van der Waals surface area contributed by atoms with Gasteiger partial charge in [0.1, 0.15) is 0 Å². The van der Waals surface area contributed by atoms with Crippen LogP contribution >= 0.6 is 0 Å². The Kier molecular flexibility index (Phi) is 5.44. The minimum Gasteiger partial charge on any atom is -0.0616 e. The van der Waals surface area contributed by atoms with E-state index >= 15 is 0 Å². The van der Waals surface area contributed by atoms with E-state index in [2.05, 4.69) is 172 Å². The summed E-state index contributed by atoms with van der Waals surface area (Å²) in [7, 11) is 0. The first kappa shape index (κ1) is 26.5. The van der Waals surface area contributed by atoms with Crippen LogP contribution in [-0.2, 0) is 5.41 Å². The van der Waals surface area contributed by atoms with Crippen LogP contribution < -0.4 is 0 Å². The van der Waals surface area contributed by atoms with Crippen LogP contribution in [0.3, 0.4) is 0 Å². The largest absolute Gasteiger partial charge is 0.0616 e. The first-order valence-corrected chi connectivity index (χ1v) is 16.6. The molecule has 0 heteroatoms. The van der Waals surface area contributed by atoms with E-state index in [0.29, 0.717) is 0 Å². The van der Waals surface area contributed by atoms with Crippen molar-refractivity contribution in [2.75, 3.05) is 0 Å². The molecule has 0 atom stereocenters. The average molecular weight is 597 g/mol. The molecule has 0 aromatic heterocycles. The second-order valence-corrected chi connectivity index (χ2v) is 13.6. The monoisotopic (exact) mass is 596 g/mol. The Hall–Kier alpha value is -5.72. The van der Waals surface area contributed by atoms with Crippen molar-refractivity contribution in [1.29, 1.82) is 0 Å². The van der Waals surface area contributed by atoms with E-state index < -0.39 is 0 Å². The Bertz CT molecular complexity index is 2700. The maximum atomic E-state index is 2.50. The third-order valence-corrected chi connectivity index (χ3v) is 10.8. The van der Waals surface area contributed by atoms with Gasteiger partial charge in [0.25, 0.3) is 0 Å². The lowest BCUT2D eigenvalue weighted by Gasteiger charge is -2.24. The second-order valence-electron chi connectivity index (χ2n) is 13.6. The zero-order chi connectivity index (χ0) is 31.3. The fourth-order valence-corrected chi connectivity index (χ4v) is 8.83. The summed E-state index contributed by atoms with van der Waals surface area (Å²) < 4.78 is 0. The minimum atomic E-state index is -0.116. The summed E-state index contributed by atoms with van der Waals surface area (Å²) in [4.78, 5) is 0. The van der Waals surface area contributed by atoms with Gasteiger partial charge in [-0.1, -0.05) is 166 Å². The third kappa shape index (κ3) is 3.59. The highest BCUT2D eigenvalue weighted by Gasteiger charge is 2.38. The predicted octanol–water partition coefficient (Wildman–Crippen LogP) is 13.1. The van der Waals surface area contributed by atoms with Crippen molar-refractivity contribution in [3.8, 4) is 33.4 Å². The summed E-state index contributed by atoms with van der Waals surface area (Å²) >= 11 is 0. The molecular formula is C47H32. The molecule has 0 bridgehead atoms. The standard InChI is InChI=1S/C47H32/c1-47(2)42-27-26-30(28-41(42)45-35-19-7-5-17-32(35)33-18-6-12-24-40(33)46(45)47)43-36-20-8-10-22-38(36)44(39-23-11-9-21-37(39)43)34-25-13-15-29-14-3-4-16-31(29)34/h3-28H,1-2H3. The molecule has 0 amide bonds. The number of hydrogen-bond donors (Lipinski definition) is 0. The third-order valence-electron chi connectivity index (χ3n) is 10.8. The van der Waals surface area contributed by atoms with Gasteiger partial charge in [-0.3, -0.25) is 0 Å². The van der Waals surface area contributed by atoms with Crippen molar-refractivity contribution in [2.24, 2.45) is 0 Å². The van der Waals surface area contributed by atoms with Crippen molar-refractivity contribution >= 4 is 53.9 Å². The van der Waals surface area contributed by atoms with Crippen LogP contribution in [0.2, 0.25) is 0 Å². The van der Waals surface area contributed by atoms with Gasteiger partial charge in [-0.05, 0) is 104 Å². The van der Waals surface area contributed by atoms with Gasteiger partial charge >= 0.3 is 0 Å². The fraction of sp³-hybridized carbons (Fsp3) is 0.0638. The SMILES string of the molecule is CC1(C)c2ccc(-c3c4ccccc4c(-c4cccc5ccccc45)c4ccccc34)cc2-c2c1c1ccccc1c1ccccc21. The lowest BCUT2D eigenvalue weighted by molar-refractivity contribution is 0.666. The molecule has 47 heavy (non-hydrogen) atoms. The molecule has 220 valence electrons. The Balaban J connectivity index is 1.32. The van der Waals surface area contributed by atoms with E-state index in [0.717, 1.165) is 0 Å². The maximum Gasteiger partial charge on any atom is 0.0165 e. The van der Waals surface area contributed by atoms with Gasteiger partial charge in [-0.25, -0.2) is 0 Å². The molecule has 0 fully saturated rings. The van der Waals surface area contributed by atoms with E-state index in [1.165, 1.54) is 98.4 Å². The molecule has 0 unspecified atom stereocenters. The van der Waals surface area contributed by atoms with Crippen molar-refractivity contribution in [2.45, 2.75) is 19.3 Å². The fourth-order valence-electron chi connectivity index (χ4n) is 8.83. The van der Waals surface area contributed by atoms with Gasteiger partial charge in [0.2, 0.25) is 0 Å². The van der Waals surface area contributed by atoms with Crippen LogP contribution in [0.5, 0.6) is 0 Å². The first-order chi connectivity index (χ1) is 23.1. The molecule has 0 saturated carbocycles. The van der Waals surface area contributed by atoms with Crippen LogP contribution in [0.15, 0.2) is 158 Å². The molecule has 0 radical (unpaired) electrons. The maximum absolute atomic E-state index is 2.50. The Morgan fingerprint density at radius 2 is 0.809 bits per heavy atom. The molecule has 10 rings (SSSR count). The summed E-state index contributed by atoms with van der Waals surface area (Å²) in [5, 5.41) is 13.1. The summed E-state index contributed by atoms with van der Waals surface area (Å²) in [5.41, 5.74) is 10.6. The lowest BCUT2D eigenvalue weighted by atomic mass is 9.79. The number of benzene rings is 9. The van der Waals surface area contributed by atoms with Crippen LogP contribution in [0.1, 0.15) is 25.0 Å². The zero-order valence-corrected chi connectivity index (χ0v) is 26.5. The normalized spacial score (nSPS) is 13.5. The highest BCUT2D eigenvalue weighted by molar-refractivity contribution is 6.24. The second kappa shape index (κ2) is 9.64. The quantitative estimate of drug-likeness (QED) is 0.138. The van der Waals surface area contributed by atoms with Crippen molar-refractivity contribution in [3.05, 3.63) is 169 Å². The molecular weight excluding hydrogens is 565 g/mol. The number of fused-ring (bicyclic) bond motifs is 11. The van der Waals surface area contributed by atoms with E-state index in [1.54, 1.807) is 0 Å². The van der Waals surface area contributed by atoms with Gasteiger partial charge in [0.15, 0.2) is 0 Å². The van der Waals surface area contributed by atoms with Gasteiger partial charge in [0.05, 0.1) is 0 Å². The van der Waals surface area contributed by atoms with E-state index in [-0.39, 0.29) is 5.41 Å². The summed E-state index contributed by atoms with van der Waals surface area (Å²) in [6.07, 6.45) is 0. The highest BCUT2D eigenvalue weighted by atomic mass is 14.4.